The molecule has 4 atom stereocenters. The fraction of sp³-hybridized carbons (Fsp3) is 0.958. The van der Waals surface area contributed by atoms with E-state index < -0.39 is 0 Å². The van der Waals surface area contributed by atoms with Gasteiger partial charge in [-0.25, -0.2) is 0 Å². The van der Waals surface area contributed by atoms with Gasteiger partial charge >= 0.3 is 5.97 Å². The van der Waals surface area contributed by atoms with Crippen LogP contribution in [0.2, 0.25) is 0 Å². The lowest BCUT2D eigenvalue weighted by Gasteiger charge is -2.79. The van der Waals surface area contributed by atoms with Gasteiger partial charge in [-0.2, -0.15) is 0 Å². The third-order valence-corrected chi connectivity index (χ3v) is 10.3. The Bertz CT molecular complexity index is 621. The molecule has 0 spiro atoms. The van der Waals surface area contributed by atoms with Gasteiger partial charge in [0.15, 0.2) is 0 Å². The monoisotopic (exact) mass is 358 g/mol. The van der Waals surface area contributed by atoms with Crippen molar-refractivity contribution in [1.82, 2.24) is 0 Å². The van der Waals surface area contributed by atoms with E-state index in [9.17, 15) is 4.79 Å². The van der Waals surface area contributed by atoms with E-state index >= 15 is 0 Å². The third kappa shape index (κ3) is 1.92. The van der Waals surface area contributed by atoms with Gasteiger partial charge < -0.3 is 4.74 Å². The van der Waals surface area contributed by atoms with E-state index in [1.54, 1.807) is 0 Å². The summed E-state index contributed by atoms with van der Waals surface area (Å²) < 4.78 is 6.47. The first kappa shape index (κ1) is 17.6. The van der Waals surface area contributed by atoms with Crippen LogP contribution in [0.4, 0.5) is 0 Å². The molecular formula is C24H38O2. The number of hydrogen-bond acceptors (Lipinski definition) is 2. The Morgan fingerprint density at radius 1 is 1.00 bits per heavy atom. The number of ether oxygens (including phenoxy) is 1. The van der Waals surface area contributed by atoms with Crippen molar-refractivity contribution in [3.05, 3.63) is 0 Å². The summed E-state index contributed by atoms with van der Waals surface area (Å²) in [4.78, 5) is 13.1. The average molecular weight is 359 g/mol. The topological polar surface area (TPSA) is 26.3 Å². The van der Waals surface area contributed by atoms with E-state index in [1.165, 1.54) is 38.5 Å². The second-order valence-electron chi connectivity index (χ2n) is 12.4. The predicted molar refractivity (Wildman–Crippen MR) is 103 cm³/mol. The van der Waals surface area contributed by atoms with Gasteiger partial charge in [-0.05, 0) is 114 Å². The summed E-state index contributed by atoms with van der Waals surface area (Å²) in [5, 5.41) is 0. The van der Waals surface area contributed by atoms with E-state index in [4.69, 9.17) is 4.74 Å². The van der Waals surface area contributed by atoms with Crippen LogP contribution in [0.3, 0.4) is 0 Å². The number of rotatable bonds is 4. The molecule has 7 aliphatic rings. The molecule has 8 bridgehead atoms. The Balaban J connectivity index is 1.56. The molecule has 0 N–H and O–H groups in total. The maximum Gasteiger partial charge on any atom is 0.312 e. The molecule has 7 saturated carbocycles. The van der Waals surface area contributed by atoms with Gasteiger partial charge in [0.1, 0.15) is 5.60 Å². The third-order valence-electron chi connectivity index (χ3n) is 10.3. The molecule has 0 aromatic rings. The fourth-order valence-corrected chi connectivity index (χ4v) is 9.10. The van der Waals surface area contributed by atoms with Crippen LogP contribution in [0.25, 0.3) is 0 Å². The normalized spacial score (nSPS) is 51.2. The molecule has 0 amide bonds. The number of esters is 1. The summed E-state index contributed by atoms with van der Waals surface area (Å²) >= 11 is 0. The molecule has 0 radical (unpaired) electrons. The second kappa shape index (κ2) is 4.90. The van der Waals surface area contributed by atoms with Crippen LogP contribution in [0, 0.1) is 51.8 Å². The van der Waals surface area contributed by atoms with Gasteiger partial charge in [-0.15, -0.1) is 0 Å². The largest absolute Gasteiger partial charge is 0.459 e. The smallest absolute Gasteiger partial charge is 0.312 e. The highest BCUT2D eigenvalue weighted by Gasteiger charge is 2.76. The average Bonchev–Trinajstić information content (AvgIpc) is 2.57. The Hall–Kier alpha value is -0.530. The minimum absolute atomic E-state index is 0.0223. The number of carbonyl (C=O) groups excluding carboxylic acids is 1. The van der Waals surface area contributed by atoms with E-state index in [-0.39, 0.29) is 22.4 Å². The quantitative estimate of drug-likeness (QED) is 0.590. The molecule has 7 rings (SSSR count). The van der Waals surface area contributed by atoms with Crippen molar-refractivity contribution in [3.8, 4) is 0 Å². The molecule has 7 aliphatic carbocycles. The minimum Gasteiger partial charge on any atom is -0.459 e. The van der Waals surface area contributed by atoms with Crippen LogP contribution in [0.5, 0.6) is 0 Å². The highest BCUT2D eigenvalue weighted by Crippen LogP contribution is 2.81. The predicted octanol–water partition coefficient (Wildman–Crippen LogP) is 5.84. The van der Waals surface area contributed by atoms with Crippen molar-refractivity contribution in [2.75, 3.05) is 0 Å². The van der Waals surface area contributed by atoms with E-state index in [0.29, 0.717) is 5.41 Å². The maximum atomic E-state index is 13.1. The standard InChI is InChI=1S/C24H38O2/c1-7-21(2,3)20(25)26-22(4,5)24-13-23(6)11-16-15-8-14(9-18(16)24)10-19(24)17(15)12-23/h14-19H,7-13H2,1-6H3. The number of hydrogen-bond donors (Lipinski definition) is 0. The zero-order valence-corrected chi connectivity index (χ0v) is 17.7. The van der Waals surface area contributed by atoms with E-state index in [2.05, 4.69) is 27.7 Å². The first-order chi connectivity index (χ1) is 12.0. The number of carbonyl (C=O) groups is 1. The van der Waals surface area contributed by atoms with Crippen LogP contribution >= 0.6 is 0 Å². The van der Waals surface area contributed by atoms with Gasteiger partial charge in [-0.3, -0.25) is 4.79 Å². The molecule has 0 heterocycles. The van der Waals surface area contributed by atoms with Gasteiger partial charge in [0.05, 0.1) is 5.41 Å². The van der Waals surface area contributed by atoms with Gasteiger partial charge in [0, 0.05) is 5.41 Å². The Kier molecular flexibility index (Phi) is 3.31. The summed E-state index contributed by atoms with van der Waals surface area (Å²) in [6.07, 6.45) is 9.38. The minimum atomic E-state index is -0.374. The van der Waals surface area contributed by atoms with Gasteiger partial charge in [-0.1, -0.05) is 13.8 Å². The summed E-state index contributed by atoms with van der Waals surface area (Å²) in [5.74, 6) is 5.43. The molecule has 146 valence electrons. The molecular weight excluding hydrogens is 320 g/mol. The van der Waals surface area contributed by atoms with E-state index in [0.717, 1.165) is 41.9 Å². The fourth-order valence-electron chi connectivity index (χ4n) is 9.10. The Morgan fingerprint density at radius 2 is 1.58 bits per heavy atom. The zero-order chi connectivity index (χ0) is 18.7. The lowest BCUT2D eigenvalue weighted by atomic mass is 9.26. The van der Waals surface area contributed by atoms with Crippen molar-refractivity contribution in [2.24, 2.45) is 51.8 Å². The van der Waals surface area contributed by atoms with Gasteiger partial charge in [0.25, 0.3) is 0 Å². The van der Waals surface area contributed by atoms with Crippen LogP contribution in [-0.2, 0) is 9.53 Å². The molecule has 2 nitrogen and oxygen atoms in total. The van der Waals surface area contributed by atoms with E-state index in [1.807, 2.05) is 13.8 Å². The first-order valence-corrected chi connectivity index (χ1v) is 11.3. The molecule has 4 unspecified atom stereocenters. The highest BCUT2D eigenvalue weighted by molar-refractivity contribution is 5.76. The lowest BCUT2D eigenvalue weighted by Crippen LogP contribution is -2.75. The van der Waals surface area contributed by atoms with Crippen LogP contribution in [-0.4, -0.2) is 11.6 Å². The highest BCUT2D eigenvalue weighted by atomic mass is 16.6. The molecule has 2 heteroatoms. The maximum absolute atomic E-state index is 13.1. The molecule has 0 saturated heterocycles. The van der Waals surface area contributed by atoms with Gasteiger partial charge in [0.2, 0.25) is 0 Å². The molecule has 0 aliphatic heterocycles. The van der Waals surface area contributed by atoms with Crippen molar-refractivity contribution < 1.29 is 9.53 Å². The van der Waals surface area contributed by atoms with Crippen molar-refractivity contribution in [3.63, 3.8) is 0 Å². The summed E-state index contributed by atoms with van der Waals surface area (Å²) in [6.45, 7) is 13.3. The zero-order valence-electron chi connectivity index (χ0n) is 17.7. The molecule has 26 heavy (non-hydrogen) atoms. The molecule has 0 aromatic heterocycles. The van der Waals surface area contributed by atoms with Crippen LogP contribution in [0.15, 0.2) is 0 Å². The summed E-state index contributed by atoms with van der Waals surface area (Å²) in [5.41, 5.74) is 0.0197. The van der Waals surface area contributed by atoms with Crippen LogP contribution < -0.4 is 0 Å². The Labute approximate surface area is 159 Å². The SMILES string of the molecule is CCC(C)(C)C(=O)OC(C)(C)C12CC3(C)CC4C5CC(CC41)CC2C5C3. The Morgan fingerprint density at radius 3 is 2.12 bits per heavy atom. The summed E-state index contributed by atoms with van der Waals surface area (Å²) in [6, 6.07) is 0. The lowest BCUT2D eigenvalue weighted by molar-refractivity contribution is -0.326. The van der Waals surface area contributed by atoms with Crippen molar-refractivity contribution >= 4 is 5.97 Å². The summed E-state index contributed by atoms with van der Waals surface area (Å²) in [7, 11) is 0. The van der Waals surface area contributed by atoms with Crippen LogP contribution in [0.1, 0.15) is 86.5 Å². The second-order valence-corrected chi connectivity index (χ2v) is 12.4. The molecule has 0 aromatic carbocycles. The molecule has 7 fully saturated rings. The first-order valence-electron chi connectivity index (χ1n) is 11.3. The van der Waals surface area contributed by atoms with Crippen molar-refractivity contribution in [2.45, 2.75) is 92.1 Å². The van der Waals surface area contributed by atoms with Crippen molar-refractivity contribution in [1.29, 1.82) is 0 Å².